The van der Waals surface area contributed by atoms with E-state index in [1.165, 1.54) is 12.1 Å². The molecule has 0 amide bonds. The van der Waals surface area contributed by atoms with Crippen molar-refractivity contribution in [3.8, 4) is 17.6 Å². The number of rotatable bonds is 3. The smallest absolute Gasteiger partial charge is 0.124 e. The molecule has 0 aromatic heterocycles. The molecule has 0 heterocycles. The molecule has 1 N–H and O–H groups in total. The van der Waals surface area contributed by atoms with Crippen LogP contribution >= 0.6 is 11.6 Å². The van der Waals surface area contributed by atoms with Gasteiger partial charge in [0.2, 0.25) is 0 Å². The first-order valence-corrected chi connectivity index (χ1v) is 6.33. The van der Waals surface area contributed by atoms with Crippen LogP contribution < -0.4 is 4.74 Å². The highest BCUT2D eigenvalue weighted by molar-refractivity contribution is 6.30. The summed E-state index contributed by atoms with van der Waals surface area (Å²) in [6.45, 7) is -0.00858. The van der Waals surface area contributed by atoms with Gasteiger partial charge in [-0.05, 0) is 36.4 Å². The van der Waals surface area contributed by atoms with Crippen LogP contribution in [0.1, 0.15) is 11.1 Å². The lowest BCUT2D eigenvalue weighted by Crippen LogP contribution is -1.99. The molecule has 2 aromatic carbocycles. The zero-order chi connectivity index (χ0) is 14.4. The van der Waals surface area contributed by atoms with Gasteiger partial charge in [0.25, 0.3) is 0 Å². The Balaban J connectivity index is 2.14. The fourth-order valence-electron chi connectivity index (χ4n) is 1.62. The quantitative estimate of drug-likeness (QED) is 0.878. The summed E-state index contributed by atoms with van der Waals surface area (Å²) >= 11 is 5.79. The maximum absolute atomic E-state index is 13.2. The first-order chi connectivity index (χ1) is 9.69. The van der Waals surface area contributed by atoms with E-state index in [-0.39, 0.29) is 19.0 Å². The Kier molecular flexibility index (Phi) is 5.00. The third-order valence-electron chi connectivity index (χ3n) is 2.58. The molecule has 0 fully saturated rings. The normalized spacial score (nSPS) is 9.75. The standard InChI is InChI=1S/C16H12ClFO2/c17-14-4-7-16(8-5-14)20-11-13-3-6-15(18)10-12(13)2-1-9-19/h3-8,10,19H,9,11H2. The van der Waals surface area contributed by atoms with E-state index in [4.69, 9.17) is 21.4 Å². The van der Waals surface area contributed by atoms with Crippen molar-refractivity contribution in [3.05, 3.63) is 64.4 Å². The molecule has 2 nitrogen and oxygen atoms in total. The number of aliphatic hydroxyl groups excluding tert-OH is 1. The van der Waals surface area contributed by atoms with E-state index in [2.05, 4.69) is 11.8 Å². The lowest BCUT2D eigenvalue weighted by atomic mass is 10.1. The highest BCUT2D eigenvalue weighted by atomic mass is 35.5. The van der Waals surface area contributed by atoms with Crippen molar-refractivity contribution in [1.82, 2.24) is 0 Å². The highest BCUT2D eigenvalue weighted by Crippen LogP contribution is 2.18. The molecule has 0 unspecified atom stereocenters. The van der Waals surface area contributed by atoms with Gasteiger partial charge < -0.3 is 9.84 Å². The summed E-state index contributed by atoms with van der Waals surface area (Å²) in [5.41, 5.74) is 1.26. The van der Waals surface area contributed by atoms with Gasteiger partial charge in [-0.1, -0.05) is 29.5 Å². The minimum Gasteiger partial charge on any atom is -0.489 e. The average molecular weight is 291 g/mol. The predicted molar refractivity (Wildman–Crippen MR) is 76.1 cm³/mol. The van der Waals surface area contributed by atoms with E-state index in [0.29, 0.717) is 16.3 Å². The lowest BCUT2D eigenvalue weighted by Gasteiger charge is -2.08. The number of aliphatic hydroxyl groups is 1. The van der Waals surface area contributed by atoms with Crippen LogP contribution in [0.2, 0.25) is 5.02 Å². The molecule has 2 rings (SSSR count). The van der Waals surface area contributed by atoms with Crippen molar-refractivity contribution in [1.29, 1.82) is 0 Å². The third-order valence-corrected chi connectivity index (χ3v) is 2.83. The number of benzene rings is 2. The van der Waals surface area contributed by atoms with Gasteiger partial charge in [0, 0.05) is 16.1 Å². The molecule has 4 heteroatoms. The fourth-order valence-corrected chi connectivity index (χ4v) is 1.74. The maximum atomic E-state index is 13.2. The molecule has 0 bridgehead atoms. The van der Waals surface area contributed by atoms with Gasteiger partial charge in [0.05, 0.1) is 0 Å². The van der Waals surface area contributed by atoms with Crippen molar-refractivity contribution >= 4 is 11.6 Å². The van der Waals surface area contributed by atoms with Crippen LogP contribution in [0.25, 0.3) is 0 Å². The Labute approximate surface area is 121 Å². The van der Waals surface area contributed by atoms with Crippen LogP contribution in [0.5, 0.6) is 5.75 Å². The van der Waals surface area contributed by atoms with Crippen LogP contribution in [-0.4, -0.2) is 11.7 Å². The van der Waals surface area contributed by atoms with Gasteiger partial charge in [-0.3, -0.25) is 0 Å². The zero-order valence-corrected chi connectivity index (χ0v) is 11.3. The monoisotopic (exact) mass is 290 g/mol. The SMILES string of the molecule is OCC#Cc1cc(F)ccc1COc1ccc(Cl)cc1. The second-order valence-electron chi connectivity index (χ2n) is 4.00. The van der Waals surface area contributed by atoms with E-state index in [1.54, 1.807) is 30.3 Å². The summed E-state index contributed by atoms with van der Waals surface area (Å²) in [6.07, 6.45) is 0. The fraction of sp³-hybridized carbons (Fsp3) is 0.125. The first kappa shape index (κ1) is 14.4. The van der Waals surface area contributed by atoms with Gasteiger partial charge in [-0.15, -0.1) is 0 Å². The van der Waals surface area contributed by atoms with Crippen molar-refractivity contribution < 1.29 is 14.2 Å². The molecule has 0 radical (unpaired) electrons. The summed E-state index contributed by atoms with van der Waals surface area (Å²) in [5.74, 6) is 5.51. The average Bonchev–Trinajstić information content (AvgIpc) is 2.46. The first-order valence-electron chi connectivity index (χ1n) is 5.95. The van der Waals surface area contributed by atoms with Gasteiger partial charge in [0.1, 0.15) is 24.8 Å². The zero-order valence-electron chi connectivity index (χ0n) is 10.6. The topological polar surface area (TPSA) is 29.5 Å². The molecular formula is C16H12ClFO2. The lowest BCUT2D eigenvalue weighted by molar-refractivity contribution is 0.305. The van der Waals surface area contributed by atoms with Crippen LogP contribution in [-0.2, 0) is 6.61 Å². The minimum atomic E-state index is -0.373. The summed E-state index contributed by atoms with van der Waals surface area (Å²) in [7, 11) is 0. The Morgan fingerprint density at radius 1 is 1.15 bits per heavy atom. The summed E-state index contributed by atoms with van der Waals surface area (Å²) in [6, 6.07) is 11.3. The Morgan fingerprint density at radius 2 is 1.90 bits per heavy atom. The molecule has 0 atom stereocenters. The highest BCUT2D eigenvalue weighted by Gasteiger charge is 2.03. The molecule has 0 aliphatic rings. The Bertz CT molecular complexity index is 642. The van der Waals surface area contributed by atoms with E-state index >= 15 is 0 Å². The van der Waals surface area contributed by atoms with Gasteiger partial charge >= 0.3 is 0 Å². The Hall–Kier alpha value is -2.02. The summed E-state index contributed by atoms with van der Waals surface area (Å²) in [4.78, 5) is 0. The van der Waals surface area contributed by atoms with Crippen molar-refractivity contribution in [2.45, 2.75) is 6.61 Å². The molecule has 102 valence electrons. The van der Waals surface area contributed by atoms with Crippen LogP contribution in [0.15, 0.2) is 42.5 Å². The number of ether oxygens (including phenoxy) is 1. The molecule has 2 aromatic rings. The number of hydrogen-bond donors (Lipinski definition) is 1. The second-order valence-corrected chi connectivity index (χ2v) is 4.44. The van der Waals surface area contributed by atoms with E-state index < -0.39 is 0 Å². The maximum Gasteiger partial charge on any atom is 0.124 e. The third kappa shape index (κ3) is 3.99. The van der Waals surface area contributed by atoms with Crippen LogP contribution in [0, 0.1) is 17.7 Å². The van der Waals surface area contributed by atoms with E-state index in [9.17, 15) is 4.39 Å². The summed E-state index contributed by atoms with van der Waals surface area (Å²) in [5, 5.41) is 9.34. The number of hydrogen-bond acceptors (Lipinski definition) is 2. The van der Waals surface area contributed by atoms with E-state index in [1.807, 2.05) is 0 Å². The van der Waals surface area contributed by atoms with Gasteiger partial charge in [0.15, 0.2) is 0 Å². The van der Waals surface area contributed by atoms with Gasteiger partial charge in [-0.2, -0.15) is 0 Å². The second kappa shape index (κ2) is 6.95. The molecule has 0 saturated heterocycles. The van der Waals surface area contributed by atoms with Crippen LogP contribution in [0.3, 0.4) is 0 Å². The van der Waals surface area contributed by atoms with Gasteiger partial charge in [-0.25, -0.2) is 4.39 Å². The molecule has 0 aliphatic carbocycles. The van der Waals surface area contributed by atoms with Crippen molar-refractivity contribution in [2.75, 3.05) is 6.61 Å². The largest absolute Gasteiger partial charge is 0.489 e. The number of halogens is 2. The molecule has 20 heavy (non-hydrogen) atoms. The van der Waals surface area contributed by atoms with E-state index in [0.717, 1.165) is 5.56 Å². The molecule has 0 aliphatic heterocycles. The molecular weight excluding hydrogens is 279 g/mol. The molecule has 0 spiro atoms. The Morgan fingerprint density at radius 3 is 2.60 bits per heavy atom. The van der Waals surface area contributed by atoms with Crippen LogP contribution in [0.4, 0.5) is 4.39 Å². The summed E-state index contributed by atoms with van der Waals surface area (Å²) < 4.78 is 18.8. The van der Waals surface area contributed by atoms with Crippen molar-refractivity contribution in [3.63, 3.8) is 0 Å². The molecule has 0 saturated carbocycles. The minimum absolute atomic E-state index is 0.261. The van der Waals surface area contributed by atoms with Crippen molar-refractivity contribution in [2.24, 2.45) is 0 Å². The predicted octanol–water partition coefficient (Wildman–Crippen LogP) is 3.40.